The second-order valence-corrected chi connectivity index (χ2v) is 9.86. The van der Waals surface area contributed by atoms with E-state index < -0.39 is 15.8 Å². The van der Waals surface area contributed by atoms with Crippen molar-refractivity contribution in [3.8, 4) is 22.4 Å². The number of nitrogens with zero attached hydrogens (tertiary/aromatic N) is 4. The second kappa shape index (κ2) is 8.72. The lowest BCUT2D eigenvalue weighted by atomic mass is 9.96. The molecule has 0 aliphatic heterocycles. The van der Waals surface area contributed by atoms with Crippen LogP contribution in [0.1, 0.15) is 11.3 Å². The number of pyridine rings is 2. The standard InChI is InChI=1S/C26H19FN4O2S/c1-17-13-18(24-3-2-10-30-26(24)27)4-6-22(17)25-23-7-5-21(14-19(23)8-12-29-25)34(32,33)15-20-9-11-28-16-31-20/h2-14,16H,15H2,1H3. The van der Waals surface area contributed by atoms with Crippen LogP contribution < -0.4 is 0 Å². The van der Waals surface area contributed by atoms with Crippen LogP contribution in [0.15, 0.2) is 90.5 Å². The van der Waals surface area contributed by atoms with Crippen LogP contribution in [-0.4, -0.2) is 28.4 Å². The summed E-state index contributed by atoms with van der Waals surface area (Å²) in [6.07, 6.45) is 5.93. The molecule has 0 unspecified atom stereocenters. The van der Waals surface area contributed by atoms with Gasteiger partial charge in [0.2, 0.25) is 5.95 Å². The largest absolute Gasteiger partial charge is 0.256 e. The van der Waals surface area contributed by atoms with Gasteiger partial charge in [-0.1, -0.05) is 24.3 Å². The Labute approximate surface area is 196 Å². The topological polar surface area (TPSA) is 85.7 Å². The lowest BCUT2D eigenvalue weighted by Crippen LogP contribution is -2.06. The molecule has 168 valence electrons. The highest BCUT2D eigenvalue weighted by Crippen LogP contribution is 2.33. The third-order valence-electron chi connectivity index (χ3n) is 5.63. The fourth-order valence-corrected chi connectivity index (χ4v) is 5.25. The van der Waals surface area contributed by atoms with Crippen molar-refractivity contribution < 1.29 is 12.8 Å². The first-order valence-corrected chi connectivity index (χ1v) is 12.2. The Morgan fingerprint density at radius 3 is 2.50 bits per heavy atom. The molecule has 0 N–H and O–H groups in total. The molecule has 5 rings (SSSR count). The van der Waals surface area contributed by atoms with Crippen molar-refractivity contribution in [2.24, 2.45) is 0 Å². The van der Waals surface area contributed by atoms with Gasteiger partial charge in [0.05, 0.1) is 22.0 Å². The minimum Gasteiger partial charge on any atom is -0.256 e. The monoisotopic (exact) mass is 470 g/mol. The minimum absolute atomic E-state index is 0.204. The molecular weight excluding hydrogens is 451 g/mol. The molecule has 0 spiro atoms. The van der Waals surface area contributed by atoms with Crippen LogP contribution in [0.2, 0.25) is 0 Å². The minimum atomic E-state index is -3.58. The number of sulfone groups is 1. The van der Waals surface area contributed by atoms with E-state index >= 15 is 0 Å². The highest BCUT2D eigenvalue weighted by Gasteiger charge is 2.18. The first-order valence-electron chi connectivity index (χ1n) is 10.5. The van der Waals surface area contributed by atoms with Crippen LogP contribution in [0, 0.1) is 12.9 Å². The van der Waals surface area contributed by atoms with Crippen molar-refractivity contribution in [1.82, 2.24) is 19.9 Å². The maximum absolute atomic E-state index is 14.1. The Morgan fingerprint density at radius 1 is 0.853 bits per heavy atom. The molecule has 34 heavy (non-hydrogen) atoms. The number of hydrogen-bond acceptors (Lipinski definition) is 6. The average molecular weight is 471 g/mol. The van der Waals surface area contributed by atoms with Crippen molar-refractivity contribution in [1.29, 1.82) is 0 Å². The van der Waals surface area contributed by atoms with Crippen LogP contribution in [0.3, 0.4) is 0 Å². The van der Waals surface area contributed by atoms with Crippen LogP contribution in [0.25, 0.3) is 33.2 Å². The van der Waals surface area contributed by atoms with E-state index in [1.165, 1.54) is 18.7 Å². The molecule has 2 aromatic carbocycles. The van der Waals surface area contributed by atoms with Crippen LogP contribution in [0.4, 0.5) is 4.39 Å². The molecule has 5 aromatic rings. The van der Waals surface area contributed by atoms with Crippen molar-refractivity contribution in [2.75, 3.05) is 0 Å². The predicted octanol–water partition coefficient (Wildman–Crippen LogP) is 5.18. The fourth-order valence-electron chi connectivity index (χ4n) is 3.94. The van der Waals surface area contributed by atoms with Crippen LogP contribution >= 0.6 is 0 Å². The summed E-state index contributed by atoms with van der Waals surface area (Å²) in [6, 6.07) is 17.4. The number of rotatable bonds is 5. The maximum atomic E-state index is 14.1. The Kier molecular flexibility index (Phi) is 5.59. The van der Waals surface area contributed by atoms with E-state index in [2.05, 4.69) is 19.9 Å². The Hall–Kier alpha value is -4.04. The summed E-state index contributed by atoms with van der Waals surface area (Å²) in [6.45, 7) is 1.94. The Morgan fingerprint density at radius 2 is 1.74 bits per heavy atom. The van der Waals surface area contributed by atoms with E-state index in [1.807, 2.05) is 25.1 Å². The molecule has 3 aromatic heterocycles. The lowest BCUT2D eigenvalue weighted by Gasteiger charge is -2.12. The van der Waals surface area contributed by atoms with E-state index in [4.69, 9.17) is 0 Å². The Bertz CT molecular complexity index is 1620. The zero-order valence-electron chi connectivity index (χ0n) is 18.2. The normalized spacial score (nSPS) is 11.6. The summed E-state index contributed by atoms with van der Waals surface area (Å²) in [5, 5.41) is 1.59. The molecule has 0 aliphatic rings. The van der Waals surface area contributed by atoms with E-state index in [9.17, 15) is 12.8 Å². The molecule has 0 atom stereocenters. The van der Waals surface area contributed by atoms with Gasteiger partial charge < -0.3 is 0 Å². The summed E-state index contributed by atoms with van der Waals surface area (Å²) in [5.74, 6) is -0.724. The predicted molar refractivity (Wildman–Crippen MR) is 128 cm³/mol. The van der Waals surface area contributed by atoms with Crippen molar-refractivity contribution in [3.05, 3.63) is 103 Å². The van der Waals surface area contributed by atoms with Gasteiger partial charge in [0.1, 0.15) is 6.33 Å². The summed E-state index contributed by atoms with van der Waals surface area (Å²) >= 11 is 0. The molecule has 8 heteroatoms. The smallest absolute Gasteiger partial charge is 0.220 e. The maximum Gasteiger partial charge on any atom is 0.220 e. The molecule has 3 heterocycles. The van der Waals surface area contributed by atoms with Crippen molar-refractivity contribution in [2.45, 2.75) is 17.6 Å². The second-order valence-electron chi connectivity index (χ2n) is 7.87. The van der Waals surface area contributed by atoms with Crippen molar-refractivity contribution >= 4 is 20.6 Å². The number of aromatic nitrogens is 4. The molecule has 0 bridgehead atoms. The van der Waals surface area contributed by atoms with Crippen LogP contribution in [-0.2, 0) is 15.6 Å². The zero-order valence-corrected chi connectivity index (χ0v) is 19.0. The van der Waals surface area contributed by atoms with Gasteiger partial charge in [0.25, 0.3) is 0 Å². The highest BCUT2D eigenvalue weighted by molar-refractivity contribution is 7.90. The number of aryl methyl sites for hydroxylation is 1. The molecule has 6 nitrogen and oxygen atoms in total. The average Bonchev–Trinajstić information content (AvgIpc) is 2.84. The number of hydrogen-bond donors (Lipinski definition) is 0. The molecule has 0 amide bonds. The van der Waals surface area contributed by atoms with Gasteiger partial charge in [-0.15, -0.1) is 0 Å². The fraction of sp³-hybridized carbons (Fsp3) is 0.0769. The van der Waals surface area contributed by atoms with Gasteiger partial charge in [0, 0.05) is 35.1 Å². The van der Waals surface area contributed by atoms with E-state index in [0.717, 1.165) is 33.2 Å². The van der Waals surface area contributed by atoms with Gasteiger partial charge in [0.15, 0.2) is 9.84 Å². The highest BCUT2D eigenvalue weighted by atomic mass is 32.2. The molecule has 0 fully saturated rings. The molecule has 0 aliphatic carbocycles. The van der Waals surface area contributed by atoms with Gasteiger partial charge in [-0.25, -0.2) is 23.4 Å². The van der Waals surface area contributed by atoms with E-state index in [-0.39, 0.29) is 10.6 Å². The lowest BCUT2D eigenvalue weighted by molar-refractivity contribution is 0.587. The zero-order chi connectivity index (χ0) is 23.7. The van der Waals surface area contributed by atoms with Gasteiger partial charge in [-0.2, -0.15) is 4.39 Å². The first-order chi connectivity index (χ1) is 16.4. The molecular formula is C26H19FN4O2S. The molecule has 0 radical (unpaired) electrons. The summed E-state index contributed by atoms with van der Waals surface area (Å²) < 4.78 is 40.0. The van der Waals surface area contributed by atoms with E-state index in [1.54, 1.807) is 48.7 Å². The quantitative estimate of drug-likeness (QED) is 0.329. The van der Waals surface area contributed by atoms with Gasteiger partial charge in [-0.3, -0.25) is 4.98 Å². The first kappa shape index (κ1) is 21.8. The third-order valence-corrected chi connectivity index (χ3v) is 7.28. The van der Waals surface area contributed by atoms with Gasteiger partial charge >= 0.3 is 0 Å². The summed E-state index contributed by atoms with van der Waals surface area (Å²) in [7, 11) is -3.58. The van der Waals surface area contributed by atoms with Crippen molar-refractivity contribution in [3.63, 3.8) is 0 Å². The molecule has 0 saturated carbocycles. The SMILES string of the molecule is Cc1cc(-c2cccnc2F)ccc1-c1nccc2cc(S(=O)(=O)Cc3ccncn3)ccc12. The number of halogens is 1. The molecule has 0 saturated heterocycles. The third kappa shape index (κ3) is 4.15. The Balaban J connectivity index is 1.54. The van der Waals surface area contributed by atoms with E-state index in [0.29, 0.717) is 11.3 Å². The van der Waals surface area contributed by atoms with Crippen LogP contribution in [0.5, 0.6) is 0 Å². The summed E-state index contributed by atoms with van der Waals surface area (Å²) in [5.41, 5.74) is 4.13. The number of fused-ring (bicyclic) bond motifs is 1. The number of benzene rings is 2. The van der Waals surface area contributed by atoms with Gasteiger partial charge in [-0.05, 0) is 59.8 Å². The summed E-state index contributed by atoms with van der Waals surface area (Å²) in [4.78, 5) is 16.4.